The van der Waals surface area contributed by atoms with Crippen LogP contribution in [0.3, 0.4) is 0 Å². The van der Waals surface area contributed by atoms with Crippen molar-refractivity contribution in [2.75, 3.05) is 13.2 Å². The van der Waals surface area contributed by atoms with Gasteiger partial charge in [-0.25, -0.2) is 4.79 Å². The largest absolute Gasteiger partial charge is 0.462 e. The van der Waals surface area contributed by atoms with E-state index in [0.717, 1.165) is 35.4 Å². The molecular formula is C34H40O3. The molecule has 0 atom stereocenters. The summed E-state index contributed by atoms with van der Waals surface area (Å²) in [4.78, 5) is 12.0. The van der Waals surface area contributed by atoms with Gasteiger partial charge in [0.2, 0.25) is 0 Å². The third-order valence-electron chi connectivity index (χ3n) is 7.68. The Morgan fingerprint density at radius 3 is 2.19 bits per heavy atom. The van der Waals surface area contributed by atoms with Crippen molar-refractivity contribution in [1.82, 2.24) is 0 Å². The number of ether oxygens (including phenoxy) is 1. The number of esters is 1. The Bertz CT molecular complexity index is 1180. The smallest absolute Gasteiger partial charge is 0.333 e. The average molecular weight is 497 g/mol. The molecule has 3 aromatic rings. The molecule has 0 radical (unpaired) electrons. The second-order valence-corrected chi connectivity index (χ2v) is 10.6. The van der Waals surface area contributed by atoms with E-state index in [2.05, 4.69) is 80.2 Å². The molecule has 37 heavy (non-hydrogen) atoms. The molecular weight excluding hydrogens is 456 g/mol. The fourth-order valence-electron chi connectivity index (χ4n) is 5.31. The minimum Gasteiger partial charge on any atom is -0.462 e. The zero-order valence-corrected chi connectivity index (χ0v) is 22.3. The van der Waals surface area contributed by atoms with Crippen molar-refractivity contribution in [2.45, 2.75) is 64.7 Å². The maximum Gasteiger partial charge on any atom is 0.333 e. The standard InChI is InChI=1S/C34H40O3/c1-24(2)34(36)37-22-20-32-23-31(29-12-8-26(9-13-29)5-4-21-35)18-19-33(32)30-16-14-28(15-17-30)27-10-6-25(3)7-11-27/h8-9,12-19,23,25,27,35H,1,4-7,10-11,20-22H2,2-3H3. The van der Waals surface area contributed by atoms with Crippen molar-refractivity contribution >= 4 is 5.97 Å². The third kappa shape index (κ3) is 7.20. The lowest BCUT2D eigenvalue weighted by atomic mass is 9.79. The number of aliphatic hydroxyl groups is 1. The second kappa shape index (κ2) is 12.9. The quantitative estimate of drug-likeness (QED) is 0.229. The van der Waals surface area contributed by atoms with E-state index >= 15 is 0 Å². The number of hydrogen-bond donors (Lipinski definition) is 1. The minimum absolute atomic E-state index is 0.212. The van der Waals surface area contributed by atoms with Crippen molar-refractivity contribution in [3.63, 3.8) is 0 Å². The van der Waals surface area contributed by atoms with E-state index in [0.29, 0.717) is 24.5 Å². The van der Waals surface area contributed by atoms with Crippen LogP contribution in [-0.2, 0) is 22.4 Å². The molecule has 0 saturated heterocycles. The van der Waals surface area contributed by atoms with Gasteiger partial charge in [-0.1, -0.05) is 93.1 Å². The van der Waals surface area contributed by atoms with E-state index in [4.69, 9.17) is 9.84 Å². The summed E-state index contributed by atoms with van der Waals surface area (Å²) in [5.74, 6) is 1.18. The van der Waals surface area contributed by atoms with Crippen molar-refractivity contribution in [3.05, 3.63) is 95.6 Å². The Hall–Kier alpha value is -3.17. The van der Waals surface area contributed by atoms with E-state index < -0.39 is 0 Å². The summed E-state index contributed by atoms with van der Waals surface area (Å²) in [5.41, 5.74) is 8.93. The Morgan fingerprint density at radius 2 is 1.54 bits per heavy atom. The molecule has 0 aromatic heterocycles. The lowest BCUT2D eigenvalue weighted by Crippen LogP contribution is -2.10. The fraction of sp³-hybridized carbons (Fsp3) is 0.382. The number of carbonyl (C=O) groups is 1. The highest BCUT2D eigenvalue weighted by molar-refractivity contribution is 5.87. The minimum atomic E-state index is -0.345. The summed E-state index contributed by atoms with van der Waals surface area (Å²) in [6, 6.07) is 24.3. The van der Waals surface area contributed by atoms with Crippen molar-refractivity contribution in [1.29, 1.82) is 0 Å². The monoisotopic (exact) mass is 496 g/mol. The van der Waals surface area contributed by atoms with Gasteiger partial charge in [0.1, 0.15) is 0 Å². The Labute approximate surface area is 222 Å². The summed E-state index contributed by atoms with van der Waals surface area (Å²) < 4.78 is 5.45. The van der Waals surface area contributed by atoms with Crippen LogP contribution in [0.2, 0.25) is 0 Å². The van der Waals surface area contributed by atoms with Crippen LogP contribution in [0.5, 0.6) is 0 Å². The van der Waals surface area contributed by atoms with Gasteiger partial charge in [-0.3, -0.25) is 0 Å². The zero-order chi connectivity index (χ0) is 26.2. The number of rotatable bonds is 10. The number of carbonyl (C=O) groups excluding carboxylic acids is 1. The highest BCUT2D eigenvalue weighted by Gasteiger charge is 2.20. The molecule has 1 fully saturated rings. The zero-order valence-electron chi connectivity index (χ0n) is 22.3. The van der Waals surface area contributed by atoms with Gasteiger partial charge >= 0.3 is 5.97 Å². The van der Waals surface area contributed by atoms with Gasteiger partial charge in [0.25, 0.3) is 0 Å². The molecule has 1 aliphatic carbocycles. The first-order valence-electron chi connectivity index (χ1n) is 13.7. The molecule has 4 rings (SSSR count). The van der Waals surface area contributed by atoms with Crippen LogP contribution >= 0.6 is 0 Å². The predicted molar refractivity (Wildman–Crippen MR) is 153 cm³/mol. The van der Waals surface area contributed by atoms with Gasteiger partial charge < -0.3 is 9.84 Å². The van der Waals surface area contributed by atoms with Gasteiger partial charge in [0, 0.05) is 18.6 Å². The van der Waals surface area contributed by atoms with Crippen LogP contribution in [0, 0.1) is 5.92 Å². The molecule has 0 bridgehead atoms. The van der Waals surface area contributed by atoms with E-state index in [9.17, 15) is 4.79 Å². The summed E-state index contributed by atoms with van der Waals surface area (Å²) >= 11 is 0. The van der Waals surface area contributed by atoms with Gasteiger partial charge in [-0.2, -0.15) is 0 Å². The highest BCUT2D eigenvalue weighted by atomic mass is 16.5. The Balaban J connectivity index is 1.57. The van der Waals surface area contributed by atoms with E-state index in [1.165, 1.54) is 47.9 Å². The number of hydrogen-bond acceptors (Lipinski definition) is 3. The normalized spacial score (nSPS) is 17.4. The van der Waals surface area contributed by atoms with Crippen LogP contribution in [-0.4, -0.2) is 24.3 Å². The molecule has 0 spiro atoms. The molecule has 1 saturated carbocycles. The van der Waals surface area contributed by atoms with Crippen LogP contribution < -0.4 is 0 Å². The number of aryl methyl sites for hydroxylation is 1. The van der Waals surface area contributed by atoms with E-state index in [1.54, 1.807) is 6.92 Å². The van der Waals surface area contributed by atoms with Crippen LogP contribution in [0.1, 0.15) is 68.6 Å². The lowest BCUT2D eigenvalue weighted by Gasteiger charge is -2.26. The molecule has 194 valence electrons. The van der Waals surface area contributed by atoms with Gasteiger partial charge in [0.15, 0.2) is 0 Å². The maximum absolute atomic E-state index is 12.0. The summed E-state index contributed by atoms with van der Waals surface area (Å²) in [7, 11) is 0. The molecule has 3 heteroatoms. The van der Waals surface area contributed by atoms with Gasteiger partial charge in [-0.15, -0.1) is 0 Å². The number of benzene rings is 3. The maximum atomic E-state index is 12.0. The van der Waals surface area contributed by atoms with Crippen LogP contribution in [0.15, 0.2) is 78.9 Å². The summed E-state index contributed by atoms with van der Waals surface area (Å²) in [5, 5.41) is 9.10. The second-order valence-electron chi connectivity index (χ2n) is 10.6. The Kier molecular flexibility index (Phi) is 9.35. The molecule has 1 aliphatic rings. The SMILES string of the molecule is C=C(C)C(=O)OCCc1cc(-c2ccc(CCCO)cc2)ccc1-c1ccc(C2CCC(C)CC2)cc1. The molecule has 0 aliphatic heterocycles. The summed E-state index contributed by atoms with van der Waals surface area (Å²) in [6.45, 7) is 8.26. The van der Waals surface area contributed by atoms with Gasteiger partial charge in [0.05, 0.1) is 6.61 Å². The topological polar surface area (TPSA) is 46.5 Å². The highest BCUT2D eigenvalue weighted by Crippen LogP contribution is 2.37. The van der Waals surface area contributed by atoms with Crippen molar-refractivity contribution in [3.8, 4) is 22.3 Å². The Morgan fingerprint density at radius 1 is 0.892 bits per heavy atom. The first-order chi connectivity index (χ1) is 17.9. The molecule has 1 N–H and O–H groups in total. The van der Waals surface area contributed by atoms with Crippen LogP contribution in [0.4, 0.5) is 0 Å². The first-order valence-corrected chi connectivity index (χ1v) is 13.7. The fourth-order valence-corrected chi connectivity index (χ4v) is 5.31. The molecule has 0 amide bonds. The molecule has 0 heterocycles. The van der Waals surface area contributed by atoms with E-state index in [-0.39, 0.29) is 12.6 Å². The van der Waals surface area contributed by atoms with Gasteiger partial charge in [-0.05, 0) is 83.4 Å². The third-order valence-corrected chi connectivity index (χ3v) is 7.68. The van der Waals surface area contributed by atoms with Crippen LogP contribution in [0.25, 0.3) is 22.3 Å². The lowest BCUT2D eigenvalue weighted by molar-refractivity contribution is -0.138. The van der Waals surface area contributed by atoms with E-state index in [1.807, 2.05) is 0 Å². The number of aliphatic hydroxyl groups excluding tert-OH is 1. The predicted octanol–water partition coefficient (Wildman–Crippen LogP) is 7.90. The first kappa shape index (κ1) is 26.9. The molecule has 0 unspecified atom stereocenters. The average Bonchev–Trinajstić information content (AvgIpc) is 2.92. The molecule has 3 aromatic carbocycles. The van der Waals surface area contributed by atoms with Crippen molar-refractivity contribution in [2.24, 2.45) is 5.92 Å². The molecule has 3 nitrogen and oxygen atoms in total. The van der Waals surface area contributed by atoms with Crippen molar-refractivity contribution < 1.29 is 14.6 Å². The summed E-state index contributed by atoms with van der Waals surface area (Å²) in [6.07, 6.45) is 7.51.